The number of nitrogens with one attached hydrogen (secondary N) is 2. The molecule has 3 aromatic rings. The maximum atomic E-state index is 15.7. The number of benzene rings is 2. The topological polar surface area (TPSA) is 145 Å². The van der Waals surface area contributed by atoms with E-state index < -0.39 is 104 Å². The Hall–Kier alpha value is -4.46. The Morgan fingerprint density at radius 1 is 1.08 bits per heavy atom. The van der Waals surface area contributed by atoms with Crippen LogP contribution in [0, 0.1) is 5.82 Å². The van der Waals surface area contributed by atoms with Crippen LogP contribution < -0.4 is 20.3 Å². The van der Waals surface area contributed by atoms with E-state index in [9.17, 15) is 44.3 Å². The average Bonchev–Trinajstić information content (AvgIpc) is 3.35. The third kappa shape index (κ3) is 7.64. The van der Waals surface area contributed by atoms with Crippen LogP contribution in [0.3, 0.4) is 0 Å². The van der Waals surface area contributed by atoms with Crippen molar-refractivity contribution >= 4 is 27.5 Å². The minimum atomic E-state index is -4.99. The van der Waals surface area contributed by atoms with Gasteiger partial charge in [-0.05, 0) is 50.6 Å². The van der Waals surface area contributed by atoms with Crippen molar-refractivity contribution in [1.82, 2.24) is 25.4 Å². The third-order valence-corrected chi connectivity index (χ3v) is 8.78. The summed E-state index contributed by atoms with van der Waals surface area (Å²) >= 11 is 0. The Bertz CT molecular complexity index is 1840. The SMILES string of the molecule is CC(C)(C)OC(=O)N[C@H]1CS(=O)(=O)c2cc(F)c(-c3nc4n(n3)CCNC4C(F)(F)F)cc2N(Cc2ccc(OC(F)(F)F)cc2)C1=O. The number of alkyl carbamates (subject to hydrolysis) is 1. The van der Waals surface area contributed by atoms with Crippen LogP contribution >= 0.6 is 0 Å². The normalized spacial score (nSPS) is 19.6. The van der Waals surface area contributed by atoms with Gasteiger partial charge < -0.3 is 19.7 Å². The van der Waals surface area contributed by atoms with Crippen molar-refractivity contribution in [1.29, 1.82) is 0 Å². The number of anilines is 1. The van der Waals surface area contributed by atoms with E-state index in [0.717, 1.165) is 39.9 Å². The van der Waals surface area contributed by atoms with Gasteiger partial charge in [-0.15, -0.1) is 13.2 Å². The number of carbonyl (C=O) groups excluding carboxylic acids is 2. The molecule has 0 bridgehead atoms. The second-order valence-electron chi connectivity index (χ2n) is 11.8. The summed E-state index contributed by atoms with van der Waals surface area (Å²) in [6.45, 7) is 3.86. The van der Waals surface area contributed by atoms with Crippen LogP contribution in [0.15, 0.2) is 41.3 Å². The lowest BCUT2D eigenvalue weighted by molar-refractivity contribution is -0.274. The van der Waals surface area contributed by atoms with E-state index in [1.165, 1.54) is 20.8 Å². The molecule has 0 spiro atoms. The predicted molar refractivity (Wildman–Crippen MR) is 152 cm³/mol. The largest absolute Gasteiger partial charge is 0.573 e. The quantitative estimate of drug-likeness (QED) is 0.369. The first-order valence-corrected chi connectivity index (χ1v) is 15.7. The van der Waals surface area contributed by atoms with Crippen molar-refractivity contribution in [2.75, 3.05) is 17.2 Å². The number of sulfone groups is 1. The highest BCUT2D eigenvalue weighted by atomic mass is 32.2. The summed E-state index contributed by atoms with van der Waals surface area (Å²) in [4.78, 5) is 30.6. The molecule has 1 unspecified atom stereocenters. The van der Waals surface area contributed by atoms with Crippen molar-refractivity contribution in [3.8, 4) is 17.1 Å². The molecule has 0 saturated heterocycles. The van der Waals surface area contributed by atoms with Crippen LogP contribution in [0.5, 0.6) is 5.75 Å². The molecule has 5 rings (SSSR count). The molecule has 0 radical (unpaired) electrons. The van der Waals surface area contributed by atoms with Crippen LogP contribution in [0.1, 0.15) is 38.2 Å². The summed E-state index contributed by atoms with van der Waals surface area (Å²) in [5.41, 5.74) is -1.88. The number of hydrogen-bond donors (Lipinski definition) is 2. The zero-order valence-electron chi connectivity index (χ0n) is 25.2. The maximum Gasteiger partial charge on any atom is 0.573 e. The lowest BCUT2D eigenvalue weighted by atomic mass is 10.1. The molecule has 0 fully saturated rings. The lowest BCUT2D eigenvalue weighted by Gasteiger charge is -2.27. The van der Waals surface area contributed by atoms with Crippen molar-refractivity contribution in [2.24, 2.45) is 0 Å². The summed E-state index contributed by atoms with van der Waals surface area (Å²) in [6, 6.07) is 1.64. The van der Waals surface area contributed by atoms with Crippen molar-refractivity contribution in [2.45, 2.75) is 69.0 Å². The summed E-state index contributed by atoms with van der Waals surface area (Å²) in [5, 5.41) is 8.47. The summed E-state index contributed by atoms with van der Waals surface area (Å²) in [5.74, 6) is -5.00. The molecule has 1 aromatic heterocycles. The molecule has 2 atom stereocenters. The van der Waals surface area contributed by atoms with Gasteiger partial charge in [0.2, 0.25) is 0 Å². The molecule has 48 heavy (non-hydrogen) atoms. The molecular formula is C28H27F7N6O6S. The van der Waals surface area contributed by atoms with Crippen LogP contribution in [0.25, 0.3) is 11.4 Å². The van der Waals surface area contributed by atoms with Crippen LogP contribution in [-0.4, -0.2) is 71.7 Å². The minimum Gasteiger partial charge on any atom is -0.444 e. The lowest BCUT2D eigenvalue weighted by Crippen LogP contribution is -2.51. The molecule has 20 heteroatoms. The number of halogens is 7. The van der Waals surface area contributed by atoms with Crippen LogP contribution in [-0.2, 0) is 32.5 Å². The predicted octanol–water partition coefficient (Wildman–Crippen LogP) is 4.40. The zero-order chi connectivity index (χ0) is 35.4. The van der Waals surface area contributed by atoms with Crippen molar-refractivity contribution in [3.05, 3.63) is 53.6 Å². The molecule has 2 amide bonds. The smallest absolute Gasteiger partial charge is 0.444 e. The van der Waals surface area contributed by atoms with Gasteiger partial charge in [-0.1, -0.05) is 12.1 Å². The molecule has 3 heterocycles. The maximum absolute atomic E-state index is 15.7. The summed E-state index contributed by atoms with van der Waals surface area (Å²) < 4.78 is 132. The van der Waals surface area contributed by atoms with Gasteiger partial charge in [-0.2, -0.15) is 18.3 Å². The van der Waals surface area contributed by atoms with Gasteiger partial charge in [0, 0.05) is 6.54 Å². The number of amides is 2. The van der Waals surface area contributed by atoms with Gasteiger partial charge in [0.1, 0.15) is 23.2 Å². The van der Waals surface area contributed by atoms with Crippen molar-refractivity contribution in [3.63, 3.8) is 0 Å². The molecule has 0 aliphatic carbocycles. The zero-order valence-corrected chi connectivity index (χ0v) is 26.1. The number of rotatable bonds is 5. The summed E-state index contributed by atoms with van der Waals surface area (Å²) in [7, 11) is -4.58. The Morgan fingerprint density at radius 2 is 1.75 bits per heavy atom. The van der Waals surface area contributed by atoms with E-state index in [2.05, 4.69) is 25.5 Å². The minimum absolute atomic E-state index is 0.0491. The second kappa shape index (κ2) is 12.2. The standard InChI is InChI=1S/C28H27F7N6O6S/c1-26(2,3)47-25(43)37-18-13-48(44,45)20-11-17(29)16(22-38-23-21(27(30,31)32)36-8-9-41(23)39-22)10-19(20)40(24(18)42)12-14-4-6-15(7-5-14)46-28(33,34)35/h4-7,10-11,18,21,36H,8-9,12-13H2,1-3H3,(H,37,43)/t18-,21?/m0/s1. The second-order valence-corrected chi connectivity index (χ2v) is 13.8. The van der Waals surface area contributed by atoms with E-state index in [4.69, 9.17) is 4.74 Å². The molecular weight excluding hydrogens is 681 g/mol. The highest BCUT2D eigenvalue weighted by Gasteiger charge is 2.46. The molecule has 12 nitrogen and oxygen atoms in total. The van der Waals surface area contributed by atoms with Gasteiger partial charge >= 0.3 is 18.6 Å². The molecule has 2 aliphatic heterocycles. The van der Waals surface area contributed by atoms with Gasteiger partial charge in [0.25, 0.3) is 5.91 Å². The first kappa shape index (κ1) is 34.9. The van der Waals surface area contributed by atoms with E-state index in [-0.39, 0.29) is 18.7 Å². The monoisotopic (exact) mass is 708 g/mol. The van der Waals surface area contributed by atoms with E-state index in [1.54, 1.807) is 0 Å². The third-order valence-electron chi connectivity index (χ3n) is 7.01. The molecule has 2 aromatic carbocycles. The highest BCUT2D eigenvalue weighted by molar-refractivity contribution is 7.91. The first-order valence-electron chi connectivity index (χ1n) is 14.1. The first-order chi connectivity index (χ1) is 22.1. The molecule has 0 saturated carbocycles. The van der Waals surface area contributed by atoms with Gasteiger partial charge in [-0.25, -0.2) is 27.3 Å². The Kier molecular flexibility index (Phi) is 8.87. The van der Waals surface area contributed by atoms with Gasteiger partial charge in [-0.3, -0.25) is 10.1 Å². The van der Waals surface area contributed by atoms with E-state index in [1.807, 2.05) is 0 Å². The van der Waals surface area contributed by atoms with Gasteiger partial charge in [0.15, 0.2) is 27.5 Å². The number of ether oxygens (including phenoxy) is 2. The van der Waals surface area contributed by atoms with Crippen molar-refractivity contribution < 1.29 is 58.2 Å². The average molecular weight is 709 g/mol. The molecule has 2 aliphatic rings. The van der Waals surface area contributed by atoms with Gasteiger partial charge in [0.05, 0.1) is 35.0 Å². The fourth-order valence-corrected chi connectivity index (χ4v) is 6.69. The fraction of sp³-hybridized carbons (Fsp3) is 0.429. The van der Waals surface area contributed by atoms with Crippen LogP contribution in [0.2, 0.25) is 0 Å². The van der Waals surface area contributed by atoms with E-state index >= 15 is 4.39 Å². The Balaban J connectivity index is 1.61. The Labute approximate surface area is 268 Å². The number of aromatic nitrogens is 3. The van der Waals surface area contributed by atoms with E-state index in [0.29, 0.717) is 6.07 Å². The van der Waals surface area contributed by atoms with Crippen LogP contribution in [0.4, 0.5) is 41.2 Å². The Morgan fingerprint density at radius 3 is 2.35 bits per heavy atom. The number of fused-ring (bicyclic) bond motifs is 2. The highest BCUT2D eigenvalue weighted by Crippen LogP contribution is 2.39. The number of carbonyl (C=O) groups is 2. The molecule has 2 N–H and O–H groups in total. The number of hydrogen-bond acceptors (Lipinski definition) is 9. The number of nitrogens with zero attached hydrogens (tertiary/aromatic N) is 4. The number of alkyl halides is 6. The summed E-state index contributed by atoms with van der Waals surface area (Å²) in [6.07, 6.45) is -10.9. The fourth-order valence-electron chi connectivity index (χ4n) is 5.07. The molecule has 260 valence electrons.